The zero-order valence-electron chi connectivity index (χ0n) is 15.2. The Morgan fingerprint density at radius 3 is 2.52 bits per heavy atom. The van der Waals surface area contributed by atoms with Crippen molar-refractivity contribution in [3.63, 3.8) is 0 Å². The zero-order chi connectivity index (χ0) is 17.5. The van der Waals surface area contributed by atoms with Gasteiger partial charge in [0.05, 0.1) is 25.3 Å². The van der Waals surface area contributed by atoms with Crippen molar-refractivity contribution in [2.24, 2.45) is 5.11 Å². The third-order valence-electron chi connectivity index (χ3n) is 3.70. The van der Waals surface area contributed by atoms with Crippen molar-refractivity contribution in [2.45, 2.75) is 39.8 Å². The maximum absolute atomic E-state index is 8.22. The first-order chi connectivity index (χ1) is 11.6. The number of imidazole rings is 1. The molecule has 0 bridgehead atoms. The van der Waals surface area contributed by atoms with E-state index in [0.717, 1.165) is 6.01 Å². The summed E-state index contributed by atoms with van der Waals surface area (Å²) in [7, 11) is 0. The highest BCUT2D eigenvalue weighted by molar-refractivity contribution is 5.73. The van der Waals surface area contributed by atoms with Crippen LogP contribution in [0.1, 0.15) is 39.8 Å². The van der Waals surface area contributed by atoms with Crippen LogP contribution in [0, 0.1) is 0 Å². The molecule has 0 aliphatic rings. The van der Waals surface area contributed by atoms with E-state index in [1.165, 1.54) is 11.0 Å². The number of halogens is 1. The van der Waals surface area contributed by atoms with E-state index in [1.54, 1.807) is 0 Å². The summed E-state index contributed by atoms with van der Waals surface area (Å²) in [6, 6.07) is 9.77. The lowest BCUT2D eigenvalue weighted by Crippen LogP contribution is -3.00. The summed E-state index contributed by atoms with van der Waals surface area (Å²) in [5.74, 6) is 0. The zero-order valence-corrected chi connectivity index (χ0v) is 17.4. The molecule has 138 valence electrons. The van der Waals surface area contributed by atoms with Crippen LogP contribution in [0.3, 0.4) is 0 Å². The Morgan fingerprint density at radius 1 is 1.16 bits per heavy atom. The molecule has 0 fully saturated rings. The molecule has 0 amide bonds. The number of ether oxygens (including phenoxy) is 2. The first-order valence-corrected chi connectivity index (χ1v) is 8.33. The Hall–Kier alpha value is -1.51. The molecule has 0 atom stereocenters. The normalized spacial score (nSPS) is 10.8. The number of rotatable bonds is 9. The minimum atomic E-state index is 0. The van der Waals surface area contributed by atoms with Gasteiger partial charge in [-0.3, -0.25) is 0 Å². The average Bonchev–Trinajstić information content (AvgIpc) is 2.88. The quantitative estimate of drug-likeness (QED) is 0.139. The molecule has 0 aliphatic carbocycles. The third kappa shape index (κ3) is 5.23. The molecular formula is C17H26IN5O2. The van der Waals surface area contributed by atoms with Gasteiger partial charge in [-0.25, -0.2) is 0 Å². The number of fused-ring (bicyclic) bond motifs is 1. The SMILES string of the molecule is CC(C)n1c(OCCOCCN=[N+]=[N-])[n+](C(C)C)c2ccccc21.[I-]. The summed E-state index contributed by atoms with van der Waals surface area (Å²) in [6.45, 7) is 10.3. The van der Waals surface area contributed by atoms with Gasteiger partial charge in [0, 0.05) is 11.5 Å². The summed E-state index contributed by atoms with van der Waals surface area (Å²) in [5, 5.41) is 3.44. The van der Waals surface area contributed by atoms with Crippen molar-refractivity contribution in [3.8, 4) is 6.01 Å². The highest BCUT2D eigenvalue weighted by Gasteiger charge is 2.29. The van der Waals surface area contributed by atoms with Crippen LogP contribution in [0.2, 0.25) is 0 Å². The van der Waals surface area contributed by atoms with Crippen LogP contribution in [0.4, 0.5) is 0 Å². The van der Waals surface area contributed by atoms with E-state index in [0.29, 0.717) is 26.4 Å². The Bertz CT molecular complexity index is 678. The van der Waals surface area contributed by atoms with Crippen LogP contribution in [0.5, 0.6) is 6.01 Å². The maximum Gasteiger partial charge on any atom is 0.457 e. The summed E-state index contributed by atoms with van der Waals surface area (Å²) < 4.78 is 15.9. The second kappa shape index (κ2) is 10.5. The molecule has 1 aromatic heterocycles. The van der Waals surface area contributed by atoms with E-state index in [2.05, 4.69) is 71.1 Å². The number of azide groups is 1. The van der Waals surface area contributed by atoms with Crippen molar-refractivity contribution in [3.05, 3.63) is 34.7 Å². The van der Waals surface area contributed by atoms with Crippen LogP contribution in [0.25, 0.3) is 21.5 Å². The highest BCUT2D eigenvalue weighted by Crippen LogP contribution is 2.26. The second-order valence-corrected chi connectivity index (χ2v) is 6.11. The minimum absolute atomic E-state index is 0. The van der Waals surface area contributed by atoms with Gasteiger partial charge < -0.3 is 33.5 Å². The molecule has 0 saturated heterocycles. The fourth-order valence-corrected chi connectivity index (χ4v) is 2.77. The van der Waals surface area contributed by atoms with Gasteiger partial charge in [-0.05, 0) is 45.4 Å². The summed E-state index contributed by atoms with van der Waals surface area (Å²) in [5.41, 5.74) is 10.6. The molecule has 8 heteroatoms. The standard InChI is InChI=1S/C17H26N5O2.HI/c1-13(2)21-15-7-5-6-8-16(15)22(14(3)4)17(21)24-12-11-23-10-9-19-20-18;/h5-8,13-14H,9-12H2,1-4H3;1H/q+1;/p-1. The van der Waals surface area contributed by atoms with Crippen molar-refractivity contribution >= 4 is 11.0 Å². The van der Waals surface area contributed by atoms with Crippen molar-refractivity contribution in [2.75, 3.05) is 26.4 Å². The smallest absolute Gasteiger partial charge is 0.457 e. The largest absolute Gasteiger partial charge is 1.00 e. The molecule has 0 radical (unpaired) electrons. The van der Waals surface area contributed by atoms with Crippen molar-refractivity contribution in [1.29, 1.82) is 0 Å². The van der Waals surface area contributed by atoms with E-state index in [9.17, 15) is 0 Å². The van der Waals surface area contributed by atoms with Gasteiger partial charge in [-0.1, -0.05) is 17.2 Å². The molecule has 7 nitrogen and oxygen atoms in total. The molecule has 0 N–H and O–H groups in total. The number of nitrogens with zero attached hydrogens (tertiary/aromatic N) is 5. The molecule has 0 unspecified atom stereocenters. The van der Waals surface area contributed by atoms with E-state index < -0.39 is 0 Å². The molecular weight excluding hydrogens is 433 g/mol. The molecule has 2 aromatic rings. The molecule has 0 spiro atoms. The van der Waals surface area contributed by atoms with E-state index in [1.807, 2.05) is 0 Å². The second-order valence-electron chi connectivity index (χ2n) is 6.11. The van der Waals surface area contributed by atoms with Gasteiger partial charge in [0.1, 0.15) is 6.61 Å². The first kappa shape index (κ1) is 21.5. The molecule has 2 rings (SSSR count). The highest BCUT2D eigenvalue weighted by atomic mass is 127. The fraction of sp³-hybridized carbons (Fsp3) is 0.588. The van der Waals surface area contributed by atoms with Crippen LogP contribution in [0.15, 0.2) is 29.4 Å². The summed E-state index contributed by atoms with van der Waals surface area (Å²) in [6.07, 6.45) is 0. The number of hydrogen-bond donors (Lipinski definition) is 0. The Balaban J connectivity index is 0.00000312. The number of benzene rings is 1. The summed E-state index contributed by atoms with van der Waals surface area (Å²) >= 11 is 0. The van der Waals surface area contributed by atoms with Gasteiger partial charge >= 0.3 is 6.01 Å². The van der Waals surface area contributed by atoms with E-state index in [-0.39, 0.29) is 36.1 Å². The maximum atomic E-state index is 8.22. The van der Waals surface area contributed by atoms with Crippen molar-refractivity contribution in [1.82, 2.24) is 4.57 Å². The summed E-state index contributed by atoms with van der Waals surface area (Å²) in [4.78, 5) is 2.69. The molecule has 0 aliphatic heterocycles. The van der Waals surface area contributed by atoms with Crippen LogP contribution in [-0.4, -0.2) is 30.9 Å². The Morgan fingerprint density at radius 2 is 1.88 bits per heavy atom. The topological polar surface area (TPSA) is 76.0 Å². The van der Waals surface area contributed by atoms with Gasteiger partial charge in [-0.2, -0.15) is 9.13 Å². The monoisotopic (exact) mass is 459 g/mol. The first-order valence-electron chi connectivity index (χ1n) is 8.33. The number of aromatic nitrogens is 2. The lowest BCUT2D eigenvalue weighted by atomic mass is 10.3. The van der Waals surface area contributed by atoms with Gasteiger partial charge in [0.25, 0.3) is 0 Å². The van der Waals surface area contributed by atoms with Crippen LogP contribution in [-0.2, 0) is 4.74 Å². The van der Waals surface area contributed by atoms with Crippen LogP contribution < -0.4 is 33.3 Å². The molecule has 1 aromatic carbocycles. The lowest BCUT2D eigenvalue weighted by molar-refractivity contribution is -0.697. The average molecular weight is 459 g/mol. The van der Waals surface area contributed by atoms with Gasteiger partial charge in [-0.15, -0.1) is 0 Å². The molecule has 1 heterocycles. The van der Waals surface area contributed by atoms with Crippen molar-refractivity contribution < 1.29 is 38.0 Å². The number of hydrogen-bond acceptors (Lipinski definition) is 3. The minimum Gasteiger partial charge on any atom is -1.00 e. The Kier molecular flexibility index (Phi) is 9.02. The fourth-order valence-electron chi connectivity index (χ4n) is 2.77. The predicted octanol–water partition coefficient (Wildman–Crippen LogP) is 0.800. The van der Waals surface area contributed by atoms with E-state index in [4.69, 9.17) is 15.0 Å². The van der Waals surface area contributed by atoms with Gasteiger partial charge in [0.2, 0.25) is 0 Å². The van der Waals surface area contributed by atoms with E-state index >= 15 is 0 Å². The van der Waals surface area contributed by atoms with Gasteiger partial charge in [0.15, 0.2) is 11.0 Å². The molecule has 25 heavy (non-hydrogen) atoms. The predicted molar refractivity (Wildman–Crippen MR) is 93.2 cm³/mol. The number of para-hydroxylation sites is 2. The lowest BCUT2D eigenvalue weighted by Gasteiger charge is -2.10. The third-order valence-corrected chi connectivity index (χ3v) is 3.70. The molecule has 0 saturated carbocycles. The van der Waals surface area contributed by atoms with Crippen LogP contribution >= 0.6 is 0 Å². The Labute approximate surface area is 165 Å².